The maximum atomic E-state index is 13.4. The van der Waals surface area contributed by atoms with Crippen LogP contribution in [0, 0.1) is 18.6 Å². The van der Waals surface area contributed by atoms with Crippen molar-refractivity contribution in [2.45, 2.75) is 13.3 Å². The predicted molar refractivity (Wildman–Crippen MR) is 78.3 cm³/mol. The van der Waals surface area contributed by atoms with E-state index < -0.39 is 6.03 Å². The number of halogens is 2. The number of hydrogen-bond donors (Lipinski definition) is 2. The highest BCUT2D eigenvalue weighted by Gasteiger charge is 2.05. The highest BCUT2D eigenvalue weighted by Crippen LogP contribution is 2.13. The largest absolute Gasteiger partial charge is 0.338 e. The minimum absolute atomic E-state index is 0.291. The average molecular weight is 290 g/mol. The van der Waals surface area contributed by atoms with Crippen LogP contribution in [0.4, 0.5) is 19.3 Å². The maximum Gasteiger partial charge on any atom is 0.319 e. The van der Waals surface area contributed by atoms with E-state index in [0.29, 0.717) is 29.8 Å². The number of amides is 2. The van der Waals surface area contributed by atoms with Gasteiger partial charge in [0.25, 0.3) is 0 Å². The summed E-state index contributed by atoms with van der Waals surface area (Å²) in [5, 5.41) is 5.13. The van der Waals surface area contributed by atoms with Crippen molar-refractivity contribution < 1.29 is 13.6 Å². The van der Waals surface area contributed by atoms with Crippen molar-refractivity contribution in [3.63, 3.8) is 0 Å². The lowest BCUT2D eigenvalue weighted by atomic mass is 10.1. The Morgan fingerprint density at radius 1 is 1.10 bits per heavy atom. The first kappa shape index (κ1) is 15.0. The summed E-state index contributed by atoms with van der Waals surface area (Å²) in [5.74, 6) is -0.667. The molecule has 0 saturated carbocycles. The van der Waals surface area contributed by atoms with E-state index in [1.54, 1.807) is 37.3 Å². The number of rotatable bonds is 4. The Balaban J connectivity index is 1.82. The first-order valence-electron chi connectivity index (χ1n) is 6.60. The fourth-order valence-electron chi connectivity index (χ4n) is 1.86. The van der Waals surface area contributed by atoms with Crippen LogP contribution in [0.2, 0.25) is 0 Å². The van der Waals surface area contributed by atoms with E-state index >= 15 is 0 Å². The van der Waals surface area contributed by atoms with Crippen LogP contribution < -0.4 is 10.6 Å². The third-order valence-corrected chi connectivity index (χ3v) is 3.07. The highest BCUT2D eigenvalue weighted by atomic mass is 19.1. The van der Waals surface area contributed by atoms with Crippen molar-refractivity contribution in [2.24, 2.45) is 0 Å². The van der Waals surface area contributed by atoms with E-state index in [4.69, 9.17) is 0 Å². The van der Waals surface area contributed by atoms with E-state index in [1.807, 2.05) is 0 Å². The number of carbonyl (C=O) groups excluding carboxylic acids is 1. The first-order chi connectivity index (χ1) is 10.1. The van der Waals surface area contributed by atoms with Gasteiger partial charge in [-0.3, -0.25) is 0 Å². The smallest absolute Gasteiger partial charge is 0.319 e. The standard InChI is InChI=1S/C16H16F2N2O/c1-11-6-7-13(10-15(11)18)20-16(21)19-9-8-12-4-2-3-5-14(12)17/h2-7,10H,8-9H2,1H3,(H2,19,20,21). The van der Waals surface area contributed by atoms with Crippen molar-refractivity contribution in [2.75, 3.05) is 11.9 Å². The van der Waals surface area contributed by atoms with Crippen molar-refractivity contribution >= 4 is 11.7 Å². The van der Waals surface area contributed by atoms with Crippen molar-refractivity contribution in [3.8, 4) is 0 Å². The summed E-state index contributed by atoms with van der Waals surface area (Å²) in [6.07, 6.45) is 0.391. The Kier molecular flexibility index (Phi) is 4.87. The molecule has 5 heteroatoms. The molecule has 0 aliphatic carbocycles. The van der Waals surface area contributed by atoms with Gasteiger partial charge >= 0.3 is 6.03 Å². The van der Waals surface area contributed by atoms with Gasteiger partial charge in [0, 0.05) is 12.2 Å². The van der Waals surface area contributed by atoms with Gasteiger partial charge in [-0.05, 0) is 42.7 Å². The molecule has 2 rings (SSSR count). The molecular formula is C16H16F2N2O. The molecule has 0 atom stereocenters. The molecule has 110 valence electrons. The molecule has 0 aliphatic rings. The second kappa shape index (κ2) is 6.83. The lowest BCUT2D eigenvalue weighted by molar-refractivity contribution is 0.252. The molecule has 21 heavy (non-hydrogen) atoms. The maximum absolute atomic E-state index is 13.4. The Labute approximate surface area is 122 Å². The van der Waals surface area contributed by atoms with E-state index in [1.165, 1.54) is 12.1 Å². The summed E-state index contributed by atoms with van der Waals surface area (Å²) in [6, 6.07) is 10.4. The average Bonchev–Trinajstić information content (AvgIpc) is 2.45. The third kappa shape index (κ3) is 4.27. The number of carbonyl (C=O) groups is 1. The van der Waals surface area contributed by atoms with Gasteiger partial charge in [-0.1, -0.05) is 24.3 Å². The van der Waals surface area contributed by atoms with E-state index in [-0.39, 0.29) is 11.6 Å². The molecule has 0 spiro atoms. The summed E-state index contributed by atoms with van der Waals surface area (Å²) in [4.78, 5) is 11.6. The molecule has 2 N–H and O–H groups in total. The van der Waals surface area contributed by atoms with Gasteiger partial charge in [0.15, 0.2) is 0 Å². The molecule has 0 unspecified atom stereocenters. The zero-order valence-corrected chi connectivity index (χ0v) is 11.6. The van der Waals surface area contributed by atoms with Crippen molar-refractivity contribution in [1.29, 1.82) is 0 Å². The second-order valence-electron chi connectivity index (χ2n) is 4.69. The van der Waals surface area contributed by atoms with Crippen LogP contribution in [0.5, 0.6) is 0 Å². The Bertz CT molecular complexity index is 644. The normalized spacial score (nSPS) is 10.2. The van der Waals surface area contributed by atoms with Crippen LogP contribution >= 0.6 is 0 Å². The Morgan fingerprint density at radius 3 is 2.57 bits per heavy atom. The molecule has 0 aromatic heterocycles. The molecule has 0 heterocycles. The lowest BCUT2D eigenvalue weighted by Crippen LogP contribution is -2.30. The fraction of sp³-hybridized carbons (Fsp3) is 0.188. The molecule has 0 aliphatic heterocycles. The second-order valence-corrected chi connectivity index (χ2v) is 4.69. The van der Waals surface area contributed by atoms with Gasteiger partial charge in [-0.25, -0.2) is 13.6 Å². The first-order valence-corrected chi connectivity index (χ1v) is 6.60. The summed E-state index contributed by atoms with van der Waals surface area (Å²) < 4.78 is 26.7. The van der Waals surface area contributed by atoms with E-state index in [9.17, 15) is 13.6 Å². The number of hydrogen-bond acceptors (Lipinski definition) is 1. The minimum atomic E-state index is -0.449. The van der Waals surface area contributed by atoms with Gasteiger partial charge in [-0.15, -0.1) is 0 Å². The molecule has 0 saturated heterocycles. The molecule has 2 aromatic carbocycles. The van der Waals surface area contributed by atoms with Crippen molar-refractivity contribution in [1.82, 2.24) is 5.32 Å². The third-order valence-electron chi connectivity index (χ3n) is 3.07. The number of anilines is 1. The van der Waals surface area contributed by atoms with Gasteiger partial charge in [-0.2, -0.15) is 0 Å². The number of nitrogens with one attached hydrogen (secondary N) is 2. The van der Waals surface area contributed by atoms with Crippen LogP contribution in [0.15, 0.2) is 42.5 Å². The Morgan fingerprint density at radius 2 is 1.86 bits per heavy atom. The van der Waals surface area contributed by atoms with Crippen LogP contribution in [0.1, 0.15) is 11.1 Å². The number of urea groups is 1. The molecule has 0 bridgehead atoms. The molecule has 2 amide bonds. The quantitative estimate of drug-likeness (QED) is 0.887. The van der Waals surface area contributed by atoms with Gasteiger partial charge < -0.3 is 10.6 Å². The highest BCUT2D eigenvalue weighted by molar-refractivity contribution is 5.89. The van der Waals surface area contributed by atoms with E-state index in [2.05, 4.69) is 10.6 Å². The zero-order valence-electron chi connectivity index (χ0n) is 11.6. The lowest BCUT2D eigenvalue weighted by Gasteiger charge is -2.08. The zero-order chi connectivity index (χ0) is 15.2. The fourth-order valence-corrected chi connectivity index (χ4v) is 1.86. The summed E-state index contributed by atoms with van der Waals surface area (Å²) in [5.41, 5.74) is 1.43. The topological polar surface area (TPSA) is 41.1 Å². The molecule has 0 radical (unpaired) electrons. The van der Waals surface area contributed by atoms with Gasteiger partial charge in [0.1, 0.15) is 11.6 Å². The summed E-state index contributed by atoms with van der Waals surface area (Å²) in [7, 11) is 0. The number of benzene rings is 2. The van der Waals surface area contributed by atoms with Crippen molar-refractivity contribution in [3.05, 3.63) is 65.2 Å². The monoisotopic (exact) mass is 290 g/mol. The van der Waals surface area contributed by atoms with Crippen LogP contribution in [0.3, 0.4) is 0 Å². The predicted octanol–water partition coefficient (Wildman–Crippen LogP) is 3.64. The minimum Gasteiger partial charge on any atom is -0.338 e. The number of aryl methyl sites for hydroxylation is 1. The molecule has 2 aromatic rings. The van der Waals surface area contributed by atoms with Crippen LogP contribution in [0.25, 0.3) is 0 Å². The van der Waals surface area contributed by atoms with Crippen LogP contribution in [-0.2, 0) is 6.42 Å². The van der Waals surface area contributed by atoms with Crippen LogP contribution in [-0.4, -0.2) is 12.6 Å². The Hall–Kier alpha value is -2.43. The molecule has 0 fully saturated rings. The molecule has 3 nitrogen and oxygen atoms in total. The summed E-state index contributed by atoms with van der Waals surface area (Å²) in [6.45, 7) is 1.94. The molecular weight excluding hydrogens is 274 g/mol. The van der Waals surface area contributed by atoms with Gasteiger partial charge in [0.2, 0.25) is 0 Å². The SMILES string of the molecule is Cc1ccc(NC(=O)NCCc2ccccc2F)cc1F. The van der Waals surface area contributed by atoms with E-state index in [0.717, 1.165) is 0 Å². The van der Waals surface area contributed by atoms with Gasteiger partial charge in [0.05, 0.1) is 0 Å². The summed E-state index contributed by atoms with van der Waals surface area (Å²) >= 11 is 0.